The van der Waals surface area contributed by atoms with E-state index < -0.39 is 57.4 Å². The Kier molecular flexibility index (Phi) is 10.0. The molecule has 2 aliphatic rings. The molecule has 1 unspecified atom stereocenters. The molecular weight excluding hydrogens is 667 g/mol. The van der Waals surface area contributed by atoms with E-state index in [1.165, 1.54) is 23.1 Å². The van der Waals surface area contributed by atoms with Crippen molar-refractivity contribution in [3.8, 4) is 11.1 Å². The van der Waals surface area contributed by atoms with Crippen LogP contribution in [0, 0.1) is 11.8 Å². The Bertz CT molecular complexity index is 1680. The molecule has 1 saturated heterocycles. The SMILES string of the molecule is O=C(C1CCC(COCO)CC1)N1CCC(c2ccc(C(F)(C(F)(F)F)C(F)(F)F)cc2)(S(=O)(=O)c2cccc(-c3ccccc3)c2)C1. The van der Waals surface area contributed by atoms with Gasteiger partial charge in [0.2, 0.25) is 5.91 Å². The minimum absolute atomic E-state index is 0.0378. The van der Waals surface area contributed by atoms with Crippen LogP contribution in [0.4, 0.5) is 30.7 Å². The molecule has 3 aromatic rings. The Labute approximate surface area is 273 Å². The molecule has 1 N–H and O–H groups in total. The number of hydrogen-bond acceptors (Lipinski definition) is 5. The first kappa shape index (κ1) is 35.8. The highest BCUT2D eigenvalue weighted by atomic mass is 32.2. The van der Waals surface area contributed by atoms with Gasteiger partial charge in [-0.25, -0.2) is 12.8 Å². The van der Waals surface area contributed by atoms with Gasteiger partial charge in [0, 0.05) is 24.6 Å². The van der Waals surface area contributed by atoms with Gasteiger partial charge in [0.1, 0.15) is 11.5 Å². The summed E-state index contributed by atoms with van der Waals surface area (Å²) >= 11 is 0. The largest absolute Gasteiger partial charge is 0.435 e. The monoisotopic (exact) mass is 701 g/mol. The summed E-state index contributed by atoms with van der Waals surface area (Å²) in [7, 11) is -4.48. The van der Waals surface area contributed by atoms with Crippen molar-refractivity contribution in [2.24, 2.45) is 11.8 Å². The number of hydrogen-bond donors (Lipinski definition) is 1. The van der Waals surface area contributed by atoms with E-state index in [2.05, 4.69) is 0 Å². The maximum atomic E-state index is 14.9. The third-order valence-corrected chi connectivity index (χ3v) is 12.0. The van der Waals surface area contributed by atoms with Crippen molar-refractivity contribution in [2.45, 2.75) is 59.8 Å². The number of likely N-dealkylation sites (tertiary alicyclic amines) is 1. The fraction of sp³-hybridized carbons (Fsp3) is 0.441. The summed E-state index contributed by atoms with van der Waals surface area (Å²) in [6.07, 6.45) is -10.6. The van der Waals surface area contributed by atoms with Gasteiger partial charge in [-0.15, -0.1) is 0 Å². The molecule has 1 heterocycles. The number of alkyl halides is 7. The van der Waals surface area contributed by atoms with E-state index in [-0.39, 0.29) is 35.2 Å². The molecule has 1 aliphatic heterocycles. The van der Waals surface area contributed by atoms with Crippen LogP contribution in [0.25, 0.3) is 11.1 Å². The maximum absolute atomic E-state index is 14.9. The number of carbonyl (C=O) groups is 1. The molecule has 48 heavy (non-hydrogen) atoms. The van der Waals surface area contributed by atoms with Crippen molar-refractivity contribution in [3.63, 3.8) is 0 Å². The first-order valence-corrected chi connectivity index (χ1v) is 16.8. The fourth-order valence-electron chi connectivity index (χ4n) is 6.82. The Balaban J connectivity index is 1.54. The number of aliphatic hydroxyl groups is 1. The van der Waals surface area contributed by atoms with Gasteiger partial charge in [-0.05, 0) is 66.8 Å². The summed E-state index contributed by atoms with van der Waals surface area (Å²) in [6, 6.07) is 17.0. The van der Waals surface area contributed by atoms with Gasteiger partial charge in [-0.2, -0.15) is 26.3 Å². The number of aliphatic hydroxyl groups excluding tert-OH is 1. The second-order valence-corrected chi connectivity index (χ2v) is 14.6. The van der Waals surface area contributed by atoms with Gasteiger partial charge >= 0.3 is 18.0 Å². The van der Waals surface area contributed by atoms with Crippen LogP contribution in [0.1, 0.15) is 43.2 Å². The number of rotatable bonds is 9. The van der Waals surface area contributed by atoms with Gasteiger partial charge in [0.25, 0.3) is 0 Å². The number of ether oxygens (including phenoxy) is 1. The number of halogens is 7. The Morgan fingerprint density at radius 1 is 0.833 bits per heavy atom. The molecule has 3 aromatic carbocycles. The van der Waals surface area contributed by atoms with Crippen LogP contribution < -0.4 is 0 Å². The first-order valence-electron chi connectivity index (χ1n) is 15.4. The lowest BCUT2D eigenvalue weighted by Gasteiger charge is -2.33. The fourth-order valence-corrected chi connectivity index (χ4v) is 8.95. The lowest BCUT2D eigenvalue weighted by molar-refractivity contribution is -0.348. The minimum atomic E-state index is -6.34. The molecule has 6 nitrogen and oxygen atoms in total. The summed E-state index contributed by atoms with van der Waals surface area (Å²) < 4.78 is 128. The molecule has 1 amide bonds. The van der Waals surface area contributed by atoms with Crippen LogP contribution in [0.15, 0.2) is 83.8 Å². The zero-order valence-electron chi connectivity index (χ0n) is 25.6. The van der Waals surface area contributed by atoms with Gasteiger partial charge in [0.15, 0.2) is 9.84 Å². The quantitative estimate of drug-likeness (QED) is 0.187. The summed E-state index contributed by atoms with van der Waals surface area (Å²) in [4.78, 5) is 14.9. The maximum Gasteiger partial charge on any atom is 0.435 e. The van der Waals surface area contributed by atoms with Crippen LogP contribution in [-0.4, -0.2) is 63.2 Å². The van der Waals surface area contributed by atoms with E-state index >= 15 is 0 Å². The van der Waals surface area contributed by atoms with Crippen LogP contribution in [-0.2, 0) is 29.8 Å². The Morgan fingerprint density at radius 3 is 2.02 bits per heavy atom. The summed E-state index contributed by atoms with van der Waals surface area (Å²) in [6.45, 7) is -0.527. The predicted molar refractivity (Wildman–Crippen MR) is 162 cm³/mol. The van der Waals surface area contributed by atoms with Crippen LogP contribution in [0.5, 0.6) is 0 Å². The van der Waals surface area contributed by atoms with E-state index in [0.717, 1.165) is 12.1 Å². The zero-order valence-corrected chi connectivity index (χ0v) is 26.4. The third-order valence-electron chi connectivity index (χ3n) is 9.54. The third kappa shape index (κ3) is 6.46. The highest BCUT2D eigenvalue weighted by molar-refractivity contribution is 7.92. The summed E-state index contributed by atoms with van der Waals surface area (Å²) in [5.41, 5.74) is -6.34. The van der Waals surface area contributed by atoms with Crippen molar-refractivity contribution in [3.05, 3.63) is 90.0 Å². The molecule has 0 spiro atoms. The van der Waals surface area contributed by atoms with E-state index in [1.54, 1.807) is 36.4 Å². The highest BCUT2D eigenvalue weighted by Gasteiger charge is 2.73. The van der Waals surface area contributed by atoms with E-state index in [1.807, 2.05) is 0 Å². The van der Waals surface area contributed by atoms with E-state index in [4.69, 9.17) is 9.84 Å². The predicted octanol–water partition coefficient (Wildman–Crippen LogP) is 7.32. The molecule has 0 radical (unpaired) electrons. The van der Waals surface area contributed by atoms with Crippen molar-refractivity contribution < 1.29 is 53.8 Å². The average Bonchev–Trinajstić information content (AvgIpc) is 3.54. The minimum Gasteiger partial charge on any atom is -0.371 e. The Morgan fingerprint density at radius 2 is 1.44 bits per heavy atom. The van der Waals surface area contributed by atoms with Gasteiger partial charge in [-0.1, -0.05) is 66.7 Å². The second-order valence-electron chi connectivity index (χ2n) is 12.4. The van der Waals surface area contributed by atoms with Gasteiger partial charge < -0.3 is 14.7 Å². The van der Waals surface area contributed by atoms with Crippen LogP contribution in [0.2, 0.25) is 0 Å². The van der Waals surface area contributed by atoms with Crippen LogP contribution >= 0.6 is 0 Å². The zero-order chi connectivity index (χ0) is 35.0. The smallest absolute Gasteiger partial charge is 0.371 e. The molecular formula is C34H34F7NO5S. The Hall–Kier alpha value is -3.49. The highest BCUT2D eigenvalue weighted by Crippen LogP contribution is 2.54. The van der Waals surface area contributed by atoms with E-state index in [9.17, 15) is 43.9 Å². The van der Waals surface area contributed by atoms with Crippen molar-refractivity contribution in [1.82, 2.24) is 4.90 Å². The number of sulfone groups is 1. The lowest BCUT2D eigenvalue weighted by Crippen LogP contribution is -2.50. The normalized spacial score (nSPS) is 22.5. The van der Waals surface area contributed by atoms with Gasteiger partial charge in [0.05, 0.1) is 11.5 Å². The number of benzene rings is 3. The molecule has 5 rings (SSSR count). The van der Waals surface area contributed by atoms with E-state index in [0.29, 0.717) is 55.5 Å². The molecule has 1 atom stereocenters. The van der Waals surface area contributed by atoms with Gasteiger partial charge in [-0.3, -0.25) is 4.79 Å². The standard InChI is InChI=1S/C34H34F7NO5S/c35-32(33(36,37)38,34(39,40)41)28-15-13-27(14-16-28)31(48(45,46)29-8-4-7-26(19-29)24-5-2-1-3-6-24)17-18-42(21-31)30(44)25-11-9-23(10-12-25)20-47-22-43/h1-8,13-16,19,23,25,43H,9-12,17-18,20-22H2. The molecule has 14 heteroatoms. The number of nitrogens with zero attached hydrogens (tertiary/aromatic N) is 1. The second kappa shape index (κ2) is 13.4. The van der Waals surface area contributed by atoms with Crippen molar-refractivity contribution in [2.75, 3.05) is 26.5 Å². The molecule has 0 aromatic heterocycles. The summed E-state index contributed by atoms with van der Waals surface area (Å²) in [5.74, 6) is -0.589. The summed E-state index contributed by atoms with van der Waals surface area (Å²) in [5, 5.41) is 8.92. The average molecular weight is 702 g/mol. The van der Waals surface area contributed by atoms with Crippen molar-refractivity contribution in [1.29, 1.82) is 0 Å². The molecule has 1 saturated carbocycles. The van der Waals surface area contributed by atoms with Crippen LogP contribution in [0.3, 0.4) is 0 Å². The first-order chi connectivity index (χ1) is 22.5. The topological polar surface area (TPSA) is 83.9 Å². The number of carbonyl (C=O) groups excluding carboxylic acids is 1. The molecule has 260 valence electrons. The van der Waals surface area contributed by atoms with Crippen molar-refractivity contribution >= 4 is 15.7 Å². The molecule has 1 aliphatic carbocycles. The lowest BCUT2D eigenvalue weighted by atomic mass is 9.81. The number of amides is 1. The molecule has 2 fully saturated rings. The molecule has 0 bridgehead atoms.